The van der Waals surface area contributed by atoms with E-state index in [9.17, 15) is 33.9 Å². The summed E-state index contributed by atoms with van der Waals surface area (Å²) in [5.41, 5.74) is 6.05. The first-order chi connectivity index (χ1) is 14.3. The second-order valence-electron chi connectivity index (χ2n) is 8.12. The lowest BCUT2D eigenvalue weighted by Gasteiger charge is -2.44. The highest BCUT2D eigenvalue weighted by Gasteiger charge is 2.57. The predicted molar refractivity (Wildman–Crippen MR) is 102 cm³/mol. The zero-order valence-electron chi connectivity index (χ0n) is 15.9. The standard InChI is InChI=1S/C22H19NO7/c23-22(30)17-13(25)8-12-7-11-6-10-4-3-9(2-1-5-24)18(26)14(10)19(27)15(11)20(28)16(12)21(17)29/h1-5,11-12,15-17,26H,6-8H2,(H2,23,30)/b2-1+. The van der Waals surface area contributed by atoms with Crippen LogP contribution < -0.4 is 5.73 Å². The molecule has 30 heavy (non-hydrogen) atoms. The molecule has 0 saturated heterocycles. The summed E-state index contributed by atoms with van der Waals surface area (Å²) in [4.78, 5) is 73.6. The van der Waals surface area contributed by atoms with E-state index in [2.05, 4.69) is 0 Å². The summed E-state index contributed by atoms with van der Waals surface area (Å²) in [6.07, 6.45) is 3.63. The molecule has 8 heteroatoms. The second kappa shape index (κ2) is 7.12. The molecule has 5 atom stereocenters. The van der Waals surface area contributed by atoms with Crippen LogP contribution in [0, 0.1) is 29.6 Å². The molecule has 0 aliphatic heterocycles. The number of primary amides is 1. The third-order valence-corrected chi connectivity index (χ3v) is 6.48. The summed E-state index contributed by atoms with van der Waals surface area (Å²) in [6.45, 7) is 0. The Morgan fingerprint density at radius 2 is 1.73 bits per heavy atom. The first-order valence-corrected chi connectivity index (χ1v) is 9.66. The van der Waals surface area contributed by atoms with E-state index in [1.54, 1.807) is 12.1 Å². The molecular formula is C22H19NO7. The predicted octanol–water partition coefficient (Wildman–Crippen LogP) is 0.424. The Morgan fingerprint density at radius 3 is 2.40 bits per heavy atom. The molecule has 5 unspecified atom stereocenters. The van der Waals surface area contributed by atoms with Gasteiger partial charge in [0.15, 0.2) is 29.1 Å². The number of rotatable bonds is 3. The molecule has 0 aromatic heterocycles. The van der Waals surface area contributed by atoms with Gasteiger partial charge in [-0.05, 0) is 42.4 Å². The van der Waals surface area contributed by atoms with Gasteiger partial charge in [-0.2, -0.15) is 0 Å². The molecular weight excluding hydrogens is 390 g/mol. The average Bonchev–Trinajstić information content (AvgIpc) is 2.66. The molecule has 154 valence electrons. The number of Topliss-reactive ketones (excluding diaryl/α,β-unsaturated/α-hetero) is 4. The van der Waals surface area contributed by atoms with Gasteiger partial charge in [0.1, 0.15) is 12.0 Å². The van der Waals surface area contributed by atoms with Crippen molar-refractivity contribution in [2.45, 2.75) is 19.3 Å². The van der Waals surface area contributed by atoms with E-state index in [1.165, 1.54) is 12.2 Å². The van der Waals surface area contributed by atoms with Crippen LogP contribution in [0.4, 0.5) is 0 Å². The van der Waals surface area contributed by atoms with Gasteiger partial charge in [0.25, 0.3) is 0 Å². The summed E-state index contributed by atoms with van der Waals surface area (Å²) < 4.78 is 0. The number of fused-ring (bicyclic) bond motifs is 3. The van der Waals surface area contributed by atoms with Crippen LogP contribution in [0.15, 0.2) is 18.2 Å². The molecule has 2 saturated carbocycles. The molecule has 1 aromatic carbocycles. The number of phenolic OH excluding ortho intramolecular Hbond substituents is 1. The summed E-state index contributed by atoms with van der Waals surface area (Å²) >= 11 is 0. The topological polar surface area (TPSA) is 149 Å². The van der Waals surface area contributed by atoms with Crippen LogP contribution in [-0.2, 0) is 30.4 Å². The number of carbonyl (C=O) groups excluding carboxylic acids is 6. The molecule has 4 rings (SSSR count). The number of ketones is 4. The maximum atomic E-state index is 13.2. The molecule has 8 nitrogen and oxygen atoms in total. The quantitative estimate of drug-likeness (QED) is 0.417. The molecule has 1 aromatic rings. The van der Waals surface area contributed by atoms with Crippen LogP contribution in [0.3, 0.4) is 0 Å². The largest absolute Gasteiger partial charge is 0.507 e. The van der Waals surface area contributed by atoms with Crippen molar-refractivity contribution in [2.75, 3.05) is 0 Å². The summed E-state index contributed by atoms with van der Waals surface area (Å²) in [6, 6.07) is 3.25. The Labute approximate surface area is 171 Å². The van der Waals surface area contributed by atoms with Crippen molar-refractivity contribution in [3.63, 3.8) is 0 Å². The van der Waals surface area contributed by atoms with E-state index in [4.69, 9.17) is 5.73 Å². The van der Waals surface area contributed by atoms with Crippen molar-refractivity contribution in [2.24, 2.45) is 35.3 Å². The van der Waals surface area contributed by atoms with Crippen molar-refractivity contribution >= 4 is 41.4 Å². The third kappa shape index (κ3) is 2.82. The fourth-order valence-corrected chi connectivity index (χ4v) is 5.26. The lowest BCUT2D eigenvalue weighted by atomic mass is 9.56. The fourth-order valence-electron chi connectivity index (χ4n) is 5.26. The van der Waals surface area contributed by atoms with E-state index >= 15 is 0 Å². The molecule has 3 aliphatic rings. The van der Waals surface area contributed by atoms with Crippen molar-refractivity contribution in [3.05, 3.63) is 34.9 Å². The van der Waals surface area contributed by atoms with Gasteiger partial charge in [0.2, 0.25) is 5.91 Å². The number of aromatic hydroxyl groups is 1. The second-order valence-corrected chi connectivity index (χ2v) is 8.12. The Balaban J connectivity index is 1.74. The average molecular weight is 409 g/mol. The molecule has 2 fully saturated rings. The number of nitrogens with two attached hydrogens (primary N) is 1. The number of aldehydes is 1. The third-order valence-electron chi connectivity index (χ3n) is 6.48. The van der Waals surface area contributed by atoms with Gasteiger partial charge in [-0.1, -0.05) is 12.1 Å². The number of benzene rings is 1. The zero-order valence-corrected chi connectivity index (χ0v) is 15.9. The molecule has 0 heterocycles. The van der Waals surface area contributed by atoms with E-state index in [1.807, 2.05) is 0 Å². The van der Waals surface area contributed by atoms with Crippen LogP contribution >= 0.6 is 0 Å². The monoisotopic (exact) mass is 409 g/mol. The summed E-state index contributed by atoms with van der Waals surface area (Å²) in [5.74, 6) is -8.91. The maximum Gasteiger partial charge on any atom is 0.235 e. The molecule has 3 N–H and O–H groups in total. The van der Waals surface area contributed by atoms with Crippen molar-refractivity contribution in [1.82, 2.24) is 0 Å². The van der Waals surface area contributed by atoms with E-state index in [0.717, 1.165) is 0 Å². The van der Waals surface area contributed by atoms with Crippen LogP contribution in [0.1, 0.15) is 34.3 Å². The number of phenols is 1. The van der Waals surface area contributed by atoms with E-state index in [0.29, 0.717) is 24.7 Å². The highest BCUT2D eigenvalue weighted by molar-refractivity contribution is 6.27. The van der Waals surface area contributed by atoms with Crippen LogP contribution in [-0.4, -0.2) is 40.4 Å². The highest BCUT2D eigenvalue weighted by atomic mass is 16.3. The molecule has 0 spiro atoms. The minimum absolute atomic E-state index is 0.0156. The summed E-state index contributed by atoms with van der Waals surface area (Å²) in [7, 11) is 0. The van der Waals surface area contributed by atoms with Gasteiger partial charge >= 0.3 is 0 Å². The SMILES string of the molecule is NC(=O)C1C(=O)CC2CC3Cc4ccc(/C=C/C=O)c(O)c4C(=O)C3C(=O)C2C1=O. The molecule has 0 radical (unpaired) electrons. The normalized spacial score (nSPS) is 30.6. The van der Waals surface area contributed by atoms with Gasteiger partial charge in [-0.25, -0.2) is 0 Å². The Bertz CT molecular complexity index is 1050. The fraction of sp³-hybridized carbons (Fsp3) is 0.364. The van der Waals surface area contributed by atoms with Crippen LogP contribution in [0.5, 0.6) is 5.75 Å². The lowest BCUT2D eigenvalue weighted by molar-refractivity contribution is -0.152. The maximum absolute atomic E-state index is 13.2. The van der Waals surface area contributed by atoms with Gasteiger partial charge in [0.05, 0.1) is 17.4 Å². The molecule has 0 bridgehead atoms. The first-order valence-electron chi connectivity index (χ1n) is 9.66. The Hall–Kier alpha value is -3.42. The van der Waals surface area contributed by atoms with Gasteiger partial charge in [-0.3, -0.25) is 28.8 Å². The minimum atomic E-state index is -1.65. The number of hydrogen-bond donors (Lipinski definition) is 2. The van der Waals surface area contributed by atoms with Crippen LogP contribution in [0.2, 0.25) is 0 Å². The molecule has 3 aliphatic carbocycles. The zero-order chi connectivity index (χ0) is 21.7. The lowest BCUT2D eigenvalue weighted by Crippen LogP contribution is -2.56. The van der Waals surface area contributed by atoms with Crippen molar-refractivity contribution < 1.29 is 33.9 Å². The van der Waals surface area contributed by atoms with Crippen molar-refractivity contribution in [3.8, 4) is 5.75 Å². The smallest absolute Gasteiger partial charge is 0.235 e. The van der Waals surface area contributed by atoms with Gasteiger partial charge in [-0.15, -0.1) is 0 Å². The number of carbonyl (C=O) groups is 6. The van der Waals surface area contributed by atoms with E-state index < -0.39 is 52.7 Å². The Morgan fingerprint density at radius 1 is 1.03 bits per heavy atom. The first kappa shape index (κ1) is 19.9. The number of allylic oxidation sites excluding steroid dienone is 1. The van der Waals surface area contributed by atoms with E-state index in [-0.39, 0.29) is 29.2 Å². The Kier molecular flexibility index (Phi) is 4.72. The molecule has 1 amide bonds. The number of amides is 1. The highest BCUT2D eigenvalue weighted by Crippen LogP contribution is 2.48. The number of hydrogen-bond acceptors (Lipinski definition) is 7. The van der Waals surface area contributed by atoms with Gasteiger partial charge in [0, 0.05) is 12.0 Å². The van der Waals surface area contributed by atoms with Crippen LogP contribution in [0.25, 0.3) is 6.08 Å². The van der Waals surface area contributed by atoms with Gasteiger partial charge < -0.3 is 10.8 Å². The van der Waals surface area contributed by atoms with Crippen molar-refractivity contribution in [1.29, 1.82) is 0 Å². The minimum Gasteiger partial charge on any atom is -0.507 e. The summed E-state index contributed by atoms with van der Waals surface area (Å²) in [5, 5.41) is 10.6.